The number of halogens is 5. The molecule has 1 aliphatic heterocycles. The molecule has 2 rings (SSSR count). The Morgan fingerprint density at radius 3 is 2.05 bits per heavy atom. The minimum atomic E-state index is -5.94. The third kappa shape index (κ3) is 3.30. The van der Waals surface area contributed by atoms with E-state index < -0.39 is 24.3 Å². The van der Waals surface area contributed by atoms with Gasteiger partial charge in [0.2, 0.25) is 0 Å². The molecule has 9 heteroatoms. The lowest BCUT2D eigenvalue weighted by molar-refractivity contribution is -0.267. The van der Waals surface area contributed by atoms with Gasteiger partial charge >= 0.3 is 18.0 Å². The average Bonchev–Trinajstić information content (AvgIpc) is 2.92. The summed E-state index contributed by atoms with van der Waals surface area (Å²) in [4.78, 5) is 11.0. The molecule has 0 spiro atoms. The Bertz CT molecular complexity index is 509. The van der Waals surface area contributed by atoms with Crippen LogP contribution in [0.3, 0.4) is 0 Å². The molecule has 4 nitrogen and oxygen atoms in total. The number of rotatable bonds is 3. The summed E-state index contributed by atoms with van der Waals surface area (Å²) in [6.45, 7) is 0.807. The van der Waals surface area contributed by atoms with E-state index in [1.165, 1.54) is 29.6 Å². The van der Waals surface area contributed by atoms with Gasteiger partial charge in [-0.1, -0.05) is 12.1 Å². The first-order valence-corrected chi connectivity index (χ1v) is 5.81. The molecule has 0 radical (unpaired) electrons. The van der Waals surface area contributed by atoms with Crippen LogP contribution < -0.4 is 5.32 Å². The fraction of sp³-hybridized carbons (Fsp3) is 0.417. The summed E-state index contributed by atoms with van der Waals surface area (Å²) in [6, 6.07) is 5.17. The molecule has 0 aliphatic carbocycles. The quantitative estimate of drug-likeness (QED) is 0.873. The number of alkyl halides is 5. The third-order valence-corrected chi connectivity index (χ3v) is 2.70. The van der Waals surface area contributed by atoms with E-state index in [4.69, 9.17) is 9.47 Å². The SMILES string of the molecule is O=C(Nc1ccc(C2OCCO2)cc1)C(F)(F)C(F)(F)F. The normalized spacial score (nSPS) is 17.0. The highest BCUT2D eigenvalue weighted by Gasteiger charge is 2.63. The minimum Gasteiger partial charge on any atom is -0.346 e. The largest absolute Gasteiger partial charge is 0.463 e. The summed E-state index contributed by atoms with van der Waals surface area (Å²) in [5.74, 6) is -7.89. The molecule has 21 heavy (non-hydrogen) atoms. The van der Waals surface area contributed by atoms with Crippen LogP contribution in [0, 0.1) is 0 Å². The van der Waals surface area contributed by atoms with Crippen molar-refractivity contribution in [1.82, 2.24) is 0 Å². The van der Waals surface area contributed by atoms with E-state index in [0.717, 1.165) is 0 Å². The zero-order chi connectivity index (χ0) is 15.7. The number of hydrogen-bond donors (Lipinski definition) is 1. The second-order valence-electron chi connectivity index (χ2n) is 4.22. The molecular weight excluding hydrogens is 301 g/mol. The Hall–Kier alpha value is -1.74. The molecular formula is C12H10F5NO3. The molecule has 0 unspecified atom stereocenters. The highest BCUT2D eigenvalue weighted by molar-refractivity contribution is 5.96. The van der Waals surface area contributed by atoms with E-state index >= 15 is 0 Å². The van der Waals surface area contributed by atoms with Gasteiger partial charge in [-0.2, -0.15) is 22.0 Å². The highest BCUT2D eigenvalue weighted by atomic mass is 19.4. The van der Waals surface area contributed by atoms with Crippen molar-refractivity contribution in [2.45, 2.75) is 18.4 Å². The summed E-state index contributed by atoms with van der Waals surface area (Å²) in [7, 11) is 0. The monoisotopic (exact) mass is 311 g/mol. The molecule has 0 atom stereocenters. The molecule has 1 aromatic carbocycles. The smallest absolute Gasteiger partial charge is 0.346 e. The summed E-state index contributed by atoms with van der Waals surface area (Å²) < 4.78 is 71.9. The second kappa shape index (κ2) is 5.57. The number of ether oxygens (including phenoxy) is 2. The van der Waals surface area contributed by atoms with Crippen LogP contribution in [0.2, 0.25) is 0 Å². The predicted molar refractivity (Wildman–Crippen MR) is 60.7 cm³/mol. The van der Waals surface area contributed by atoms with Crippen molar-refractivity contribution in [2.24, 2.45) is 0 Å². The lowest BCUT2D eigenvalue weighted by Crippen LogP contribution is -2.47. The number of carbonyl (C=O) groups is 1. The Labute approximate surface area is 115 Å². The number of benzene rings is 1. The van der Waals surface area contributed by atoms with Gasteiger partial charge in [0, 0.05) is 11.3 Å². The first kappa shape index (κ1) is 15.6. The van der Waals surface area contributed by atoms with Crippen LogP contribution in [-0.2, 0) is 14.3 Å². The third-order valence-electron chi connectivity index (χ3n) is 2.70. The van der Waals surface area contributed by atoms with Gasteiger partial charge in [-0.05, 0) is 12.1 Å². The van der Waals surface area contributed by atoms with Crippen molar-refractivity contribution in [3.05, 3.63) is 29.8 Å². The van der Waals surface area contributed by atoms with E-state index in [1.807, 2.05) is 0 Å². The van der Waals surface area contributed by atoms with E-state index in [9.17, 15) is 26.7 Å². The molecule has 1 fully saturated rings. The van der Waals surface area contributed by atoms with Gasteiger partial charge in [0.1, 0.15) is 0 Å². The van der Waals surface area contributed by atoms with Gasteiger partial charge in [-0.3, -0.25) is 4.79 Å². The van der Waals surface area contributed by atoms with Crippen molar-refractivity contribution in [3.63, 3.8) is 0 Å². The zero-order valence-electron chi connectivity index (χ0n) is 10.4. The lowest BCUT2D eigenvalue weighted by Gasteiger charge is -2.18. The summed E-state index contributed by atoms with van der Waals surface area (Å²) >= 11 is 0. The Morgan fingerprint density at radius 2 is 1.57 bits per heavy atom. The first-order chi connectivity index (χ1) is 9.72. The molecule has 116 valence electrons. The minimum absolute atomic E-state index is 0.189. The molecule has 1 aliphatic rings. The summed E-state index contributed by atoms with van der Waals surface area (Å²) in [5.41, 5.74) is 0.374. The average molecular weight is 311 g/mol. The fourth-order valence-corrected chi connectivity index (χ4v) is 1.61. The van der Waals surface area contributed by atoms with Crippen LogP contribution in [-0.4, -0.2) is 31.2 Å². The highest BCUT2D eigenvalue weighted by Crippen LogP contribution is 2.36. The molecule has 1 heterocycles. The zero-order valence-corrected chi connectivity index (χ0v) is 10.4. The topological polar surface area (TPSA) is 47.6 Å². The van der Waals surface area contributed by atoms with E-state index in [1.54, 1.807) is 0 Å². The maximum absolute atomic E-state index is 12.8. The van der Waals surface area contributed by atoms with Crippen LogP contribution >= 0.6 is 0 Å². The fourth-order valence-electron chi connectivity index (χ4n) is 1.61. The van der Waals surface area contributed by atoms with Crippen molar-refractivity contribution < 1.29 is 36.2 Å². The van der Waals surface area contributed by atoms with E-state index in [2.05, 4.69) is 0 Å². The first-order valence-electron chi connectivity index (χ1n) is 5.81. The standard InChI is InChI=1S/C12H10F5NO3/c13-11(14,12(15,16)17)10(19)18-8-3-1-7(2-4-8)9-20-5-6-21-9/h1-4,9H,5-6H2,(H,18,19). The van der Waals surface area contributed by atoms with Crippen LogP contribution in [0.4, 0.5) is 27.6 Å². The summed E-state index contributed by atoms with van der Waals surface area (Å²) in [6.07, 6.45) is -6.55. The van der Waals surface area contributed by atoms with Crippen molar-refractivity contribution in [1.29, 1.82) is 0 Å². The Balaban J connectivity index is 2.05. The molecule has 1 N–H and O–H groups in total. The molecule has 1 amide bonds. The number of carbonyl (C=O) groups excluding carboxylic acids is 1. The molecule has 0 saturated carbocycles. The molecule has 0 bridgehead atoms. The molecule has 1 aromatic rings. The maximum atomic E-state index is 12.8. The van der Waals surface area contributed by atoms with Crippen molar-refractivity contribution >= 4 is 11.6 Å². The summed E-state index contributed by atoms with van der Waals surface area (Å²) in [5, 5.41) is 1.52. The predicted octanol–water partition coefficient (Wildman–Crippen LogP) is 2.87. The van der Waals surface area contributed by atoms with E-state index in [0.29, 0.717) is 18.8 Å². The van der Waals surface area contributed by atoms with Gasteiger partial charge < -0.3 is 14.8 Å². The number of nitrogens with one attached hydrogen (secondary N) is 1. The van der Waals surface area contributed by atoms with Gasteiger partial charge in [0.25, 0.3) is 0 Å². The Morgan fingerprint density at radius 1 is 1.05 bits per heavy atom. The lowest BCUT2D eigenvalue weighted by atomic mass is 10.2. The second-order valence-corrected chi connectivity index (χ2v) is 4.22. The number of hydrogen-bond acceptors (Lipinski definition) is 3. The molecule has 1 saturated heterocycles. The number of anilines is 1. The molecule has 0 aromatic heterocycles. The Kier molecular flexibility index (Phi) is 4.15. The van der Waals surface area contributed by atoms with Crippen LogP contribution in [0.15, 0.2) is 24.3 Å². The van der Waals surface area contributed by atoms with E-state index in [-0.39, 0.29) is 5.69 Å². The van der Waals surface area contributed by atoms with Crippen molar-refractivity contribution in [3.8, 4) is 0 Å². The van der Waals surface area contributed by atoms with Crippen LogP contribution in [0.1, 0.15) is 11.9 Å². The number of amides is 1. The maximum Gasteiger partial charge on any atom is 0.463 e. The van der Waals surface area contributed by atoms with Gasteiger partial charge in [-0.25, -0.2) is 0 Å². The van der Waals surface area contributed by atoms with Gasteiger partial charge in [-0.15, -0.1) is 0 Å². The van der Waals surface area contributed by atoms with Crippen LogP contribution in [0.5, 0.6) is 0 Å². The van der Waals surface area contributed by atoms with Gasteiger partial charge in [0.15, 0.2) is 6.29 Å². The van der Waals surface area contributed by atoms with Crippen LogP contribution in [0.25, 0.3) is 0 Å². The van der Waals surface area contributed by atoms with Crippen molar-refractivity contribution in [2.75, 3.05) is 18.5 Å². The van der Waals surface area contributed by atoms with Gasteiger partial charge in [0.05, 0.1) is 13.2 Å².